The van der Waals surface area contributed by atoms with Gasteiger partial charge in [-0.25, -0.2) is 0 Å². The lowest BCUT2D eigenvalue weighted by Gasteiger charge is -2.28. The van der Waals surface area contributed by atoms with Gasteiger partial charge < -0.3 is 9.80 Å². The first-order valence-electron chi connectivity index (χ1n) is 9.12. The molecule has 0 saturated carbocycles. The summed E-state index contributed by atoms with van der Waals surface area (Å²) >= 11 is 1.80. The minimum atomic E-state index is 0.198. The van der Waals surface area contributed by atoms with Crippen LogP contribution in [-0.4, -0.2) is 65.3 Å². The van der Waals surface area contributed by atoms with Gasteiger partial charge >= 0.3 is 0 Å². The van der Waals surface area contributed by atoms with Crippen molar-refractivity contribution >= 4 is 22.7 Å². The molecule has 3 heterocycles. The van der Waals surface area contributed by atoms with Crippen molar-refractivity contribution in [3.05, 3.63) is 35.4 Å². The summed E-state index contributed by atoms with van der Waals surface area (Å²) in [6.45, 7) is 5.27. The van der Waals surface area contributed by atoms with Gasteiger partial charge in [-0.2, -0.15) is 0 Å². The third-order valence-electron chi connectivity index (χ3n) is 5.27. The molecule has 1 aromatic rings. The van der Waals surface area contributed by atoms with Gasteiger partial charge in [-0.05, 0) is 50.9 Å². The highest BCUT2D eigenvalue weighted by atomic mass is 32.2. The van der Waals surface area contributed by atoms with E-state index >= 15 is 0 Å². The number of likely N-dealkylation sites (tertiary alicyclic amines) is 2. The maximum absolute atomic E-state index is 12.9. The summed E-state index contributed by atoms with van der Waals surface area (Å²) < 4.78 is 0. The van der Waals surface area contributed by atoms with E-state index in [0.29, 0.717) is 6.04 Å². The number of amides is 1. The Hall–Kier alpha value is -1.33. The SMILES string of the molecule is O=C(c1ccc(C2=NCCS2)cc1)N1CCC[C@H]1CN1CCCC1. The van der Waals surface area contributed by atoms with Crippen LogP contribution in [0.5, 0.6) is 0 Å². The first kappa shape index (κ1) is 16.2. The molecule has 0 spiro atoms. The number of hydrogen-bond donors (Lipinski definition) is 0. The van der Waals surface area contributed by atoms with Crippen molar-refractivity contribution in [3.8, 4) is 0 Å². The Balaban J connectivity index is 1.43. The molecular weight excluding hydrogens is 318 g/mol. The molecule has 4 nitrogen and oxygen atoms in total. The molecule has 0 bridgehead atoms. The Morgan fingerprint density at radius 2 is 1.92 bits per heavy atom. The topological polar surface area (TPSA) is 35.9 Å². The Labute approximate surface area is 148 Å². The second-order valence-corrected chi connectivity index (χ2v) is 8.00. The number of carbonyl (C=O) groups is 1. The van der Waals surface area contributed by atoms with Gasteiger partial charge in [-0.15, -0.1) is 11.8 Å². The molecule has 0 N–H and O–H groups in total. The predicted molar refractivity (Wildman–Crippen MR) is 100 cm³/mol. The molecule has 1 amide bonds. The van der Waals surface area contributed by atoms with Crippen molar-refractivity contribution in [1.29, 1.82) is 0 Å². The van der Waals surface area contributed by atoms with Crippen LogP contribution in [0.4, 0.5) is 0 Å². The van der Waals surface area contributed by atoms with E-state index in [9.17, 15) is 4.79 Å². The standard InChI is InChI=1S/C19H25N3OS/c23-19(16-7-5-15(6-8-16)18-20-9-13-24-18)22-12-3-4-17(22)14-21-10-1-2-11-21/h5-8,17H,1-4,9-14H2/t17-/m0/s1. The molecule has 128 valence electrons. The average Bonchev–Trinajstić information content (AvgIpc) is 3.37. The second-order valence-electron chi connectivity index (χ2n) is 6.91. The van der Waals surface area contributed by atoms with Crippen molar-refractivity contribution in [1.82, 2.24) is 9.80 Å². The van der Waals surface area contributed by atoms with E-state index < -0.39 is 0 Å². The van der Waals surface area contributed by atoms with Crippen molar-refractivity contribution in [2.45, 2.75) is 31.7 Å². The Morgan fingerprint density at radius 3 is 2.62 bits per heavy atom. The monoisotopic (exact) mass is 343 g/mol. The highest BCUT2D eigenvalue weighted by Gasteiger charge is 2.31. The molecular formula is C19H25N3OS. The zero-order chi connectivity index (χ0) is 16.4. The van der Waals surface area contributed by atoms with E-state index in [1.807, 2.05) is 12.1 Å². The van der Waals surface area contributed by atoms with Gasteiger partial charge in [-0.3, -0.25) is 9.79 Å². The minimum absolute atomic E-state index is 0.198. The number of rotatable bonds is 4. The summed E-state index contributed by atoms with van der Waals surface area (Å²) in [7, 11) is 0. The average molecular weight is 343 g/mol. The molecule has 1 aromatic carbocycles. The van der Waals surface area contributed by atoms with Gasteiger partial charge in [0, 0.05) is 42.6 Å². The van der Waals surface area contributed by atoms with Gasteiger partial charge in [-0.1, -0.05) is 12.1 Å². The van der Waals surface area contributed by atoms with E-state index in [4.69, 9.17) is 0 Å². The largest absolute Gasteiger partial charge is 0.334 e. The molecule has 3 aliphatic heterocycles. The van der Waals surface area contributed by atoms with Crippen LogP contribution in [0.2, 0.25) is 0 Å². The van der Waals surface area contributed by atoms with E-state index in [1.165, 1.54) is 25.9 Å². The summed E-state index contributed by atoms with van der Waals surface area (Å²) in [5.74, 6) is 1.27. The number of benzene rings is 1. The summed E-state index contributed by atoms with van der Waals surface area (Å²) in [6.07, 6.45) is 4.90. The molecule has 2 fully saturated rings. The van der Waals surface area contributed by atoms with Gasteiger partial charge in [0.15, 0.2) is 0 Å². The summed E-state index contributed by atoms with van der Waals surface area (Å²) in [6, 6.07) is 8.45. The normalized spacial score (nSPS) is 24.6. The van der Waals surface area contributed by atoms with Gasteiger partial charge in [0.1, 0.15) is 0 Å². The first-order valence-corrected chi connectivity index (χ1v) is 10.1. The van der Waals surface area contributed by atoms with E-state index in [-0.39, 0.29) is 5.91 Å². The quantitative estimate of drug-likeness (QED) is 0.843. The van der Waals surface area contributed by atoms with E-state index in [1.54, 1.807) is 11.8 Å². The van der Waals surface area contributed by atoms with Gasteiger partial charge in [0.2, 0.25) is 0 Å². The number of carbonyl (C=O) groups excluding carboxylic acids is 1. The highest BCUT2D eigenvalue weighted by Crippen LogP contribution is 2.24. The van der Waals surface area contributed by atoms with Crippen LogP contribution in [0.25, 0.3) is 0 Å². The fraction of sp³-hybridized carbons (Fsp3) is 0.579. The number of thioether (sulfide) groups is 1. The smallest absolute Gasteiger partial charge is 0.254 e. The summed E-state index contributed by atoms with van der Waals surface area (Å²) in [5, 5.41) is 1.11. The third-order valence-corrected chi connectivity index (χ3v) is 6.29. The lowest BCUT2D eigenvalue weighted by atomic mass is 10.1. The number of nitrogens with zero attached hydrogens (tertiary/aromatic N) is 3. The lowest BCUT2D eigenvalue weighted by molar-refractivity contribution is 0.0709. The zero-order valence-corrected chi connectivity index (χ0v) is 14.9. The fourth-order valence-corrected chi connectivity index (χ4v) is 4.85. The Kier molecular flexibility index (Phi) is 4.90. The van der Waals surface area contributed by atoms with Crippen molar-refractivity contribution in [2.24, 2.45) is 4.99 Å². The highest BCUT2D eigenvalue weighted by molar-refractivity contribution is 8.14. The molecule has 2 saturated heterocycles. The molecule has 3 aliphatic rings. The first-order chi connectivity index (χ1) is 11.8. The number of aliphatic imine (C=N–C) groups is 1. The van der Waals surface area contributed by atoms with E-state index in [2.05, 4.69) is 26.9 Å². The molecule has 5 heteroatoms. The van der Waals surface area contributed by atoms with Crippen LogP contribution in [0.3, 0.4) is 0 Å². The lowest BCUT2D eigenvalue weighted by Crippen LogP contribution is -2.42. The van der Waals surface area contributed by atoms with Crippen LogP contribution in [0, 0.1) is 0 Å². The molecule has 0 radical (unpaired) electrons. The molecule has 1 atom stereocenters. The number of hydrogen-bond acceptors (Lipinski definition) is 4. The summed E-state index contributed by atoms with van der Waals surface area (Å²) in [4.78, 5) is 22.1. The maximum atomic E-state index is 12.9. The molecule has 0 unspecified atom stereocenters. The predicted octanol–water partition coefficient (Wildman–Crippen LogP) is 2.88. The maximum Gasteiger partial charge on any atom is 0.254 e. The Bertz CT molecular complexity index is 622. The molecule has 0 aliphatic carbocycles. The summed E-state index contributed by atoms with van der Waals surface area (Å²) in [5.41, 5.74) is 1.96. The molecule has 0 aromatic heterocycles. The van der Waals surface area contributed by atoms with Gasteiger partial charge in [0.25, 0.3) is 5.91 Å². The molecule has 4 rings (SSSR count). The van der Waals surface area contributed by atoms with Crippen LogP contribution in [-0.2, 0) is 0 Å². The second kappa shape index (κ2) is 7.28. The van der Waals surface area contributed by atoms with E-state index in [0.717, 1.165) is 54.4 Å². The zero-order valence-electron chi connectivity index (χ0n) is 14.1. The molecule has 24 heavy (non-hydrogen) atoms. The Morgan fingerprint density at radius 1 is 1.12 bits per heavy atom. The van der Waals surface area contributed by atoms with Crippen LogP contribution in [0.15, 0.2) is 29.3 Å². The third kappa shape index (κ3) is 3.38. The van der Waals surface area contributed by atoms with Crippen LogP contribution >= 0.6 is 11.8 Å². The van der Waals surface area contributed by atoms with Crippen molar-refractivity contribution < 1.29 is 4.79 Å². The minimum Gasteiger partial charge on any atom is -0.334 e. The van der Waals surface area contributed by atoms with Gasteiger partial charge in [0.05, 0.1) is 5.04 Å². The van der Waals surface area contributed by atoms with Crippen LogP contribution < -0.4 is 0 Å². The van der Waals surface area contributed by atoms with Crippen LogP contribution in [0.1, 0.15) is 41.6 Å². The van der Waals surface area contributed by atoms with Crippen molar-refractivity contribution in [3.63, 3.8) is 0 Å². The van der Waals surface area contributed by atoms with Crippen molar-refractivity contribution in [2.75, 3.05) is 38.5 Å². The fourth-order valence-electron chi connectivity index (χ4n) is 3.99.